The van der Waals surface area contributed by atoms with Gasteiger partial charge in [0.1, 0.15) is 23.3 Å². The van der Waals surface area contributed by atoms with Crippen molar-refractivity contribution in [3.63, 3.8) is 0 Å². The second-order valence-electron chi connectivity index (χ2n) is 4.53. The molecular formula is C13H13F2NO5. The van der Waals surface area contributed by atoms with Crippen LogP contribution in [0.3, 0.4) is 0 Å². The number of carbonyl (C=O) groups is 2. The van der Waals surface area contributed by atoms with Crippen LogP contribution in [0.5, 0.6) is 5.75 Å². The van der Waals surface area contributed by atoms with Crippen molar-refractivity contribution >= 4 is 11.9 Å². The van der Waals surface area contributed by atoms with Crippen LogP contribution in [0.25, 0.3) is 0 Å². The first-order valence-corrected chi connectivity index (χ1v) is 6.01. The molecule has 0 radical (unpaired) electrons. The van der Waals surface area contributed by atoms with Gasteiger partial charge in [-0.3, -0.25) is 14.8 Å². The van der Waals surface area contributed by atoms with E-state index in [1.807, 2.05) is 0 Å². The molecule has 0 saturated carbocycles. The maximum absolute atomic E-state index is 14.1. The Kier molecular flexibility index (Phi) is 4.08. The molecule has 0 aromatic heterocycles. The van der Waals surface area contributed by atoms with E-state index in [1.54, 1.807) is 0 Å². The molecule has 0 aliphatic carbocycles. The number of benzene rings is 1. The molecular weight excluding hydrogens is 288 g/mol. The van der Waals surface area contributed by atoms with Crippen molar-refractivity contribution in [2.45, 2.75) is 5.92 Å². The highest BCUT2D eigenvalue weighted by Crippen LogP contribution is 2.37. The van der Waals surface area contributed by atoms with Gasteiger partial charge in [-0.2, -0.15) is 0 Å². The highest BCUT2D eigenvalue weighted by molar-refractivity contribution is 6.00. The summed E-state index contributed by atoms with van der Waals surface area (Å²) in [6, 6.07) is 1.88. The zero-order valence-electron chi connectivity index (χ0n) is 11.3. The van der Waals surface area contributed by atoms with Crippen molar-refractivity contribution in [2.24, 2.45) is 5.92 Å². The van der Waals surface area contributed by atoms with Crippen molar-refractivity contribution in [2.75, 3.05) is 20.8 Å². The van der Waals surface area contributed by atoms with Crippen molar-refractivity contribution in [1.82, 2.24) is 5.06 Å². The summed E-state index contributed by atoms with van der Waals surface area (Å²) >= 11 is 0. The maximum atomic E-state index is 14.1. The van der Waals surface area contributed by atoms with E-state index >= 15 is 0 Å². The lowest BCUT2D eigenvalue weighted by molar-refractivity contribution is -0.165. The van der Waals surface area contributed by atoms with Crippen LogP contribution < -0.4 is 4.74 Å². The fourth-order valence-corrected chi connectivity index (χ4v) is 2.40. The Labute approximate surface area is 118 Å². The Morgan fingerprint density at radius 3 is 2.38 bits per heavy atom. The average Bonchev–Trinajstić information content (AvgIpc) is 2.73. The summed E-state index contributed by atoms with van der Waals surface area (Å²) in [6.07, 6.45) is 0. The SMILES string of the molecule is COC(=O)C1C(=O)N(O)CC1c1c(F)cc(OC)cc1F. The smallest absolute Gasteiger partial charge is 0.319 e. The first-order chi connectivity index (χ1) is 9.90. The van der Waals surface area contributed by atoms with Crippen LogP contribution in [0.15, 0.2) is 12.1 Å². The lowest BCUT2D eigenvalue weighted by Crippen LogP contribution is -2.29. The van der Waals surface area contributed by atoms with Gasteiger partial charge >= 0.3 is 5.97 Å². The van der Waals surface area contributed by atoms with Gasteiger partial charge < -0.3 is 9.47 Å². The summed E-state index contributed by atoms with van der Waals surface area (Å²) in [4.78, 5) is 23.4. The molecule has 1 aromatic rings. The van der Waals surface area contributed by atoms with Crippen LogP contribution in [0.4, 0.5) is 8.78 Å². The van der Waals surface area contributed by atoms with Crippen molar-refractivity contribution in [3.8, 4) is 5.75 Å². The van der Waals surface area contributed by atoms with Gasteiger partial charge in [-0.25, -0.2) is 13.8 Å². The number of nitrogens with zero attached hydrogens (tertiary/aromatic N) is 1. The highest BCUT2D eigenvalue weighted by atomic mass is 19.1. The molecule has 0 bridgehead atoms. The number of hydrogen-bond acceptors (Lipinski definition) is 5. The van der Waals surface area contributed by atoms with Gasteiger partial charge in [0.2, 0.25) is 0 Å². The minimum absolute atomic E-state index is 0.0338. The Morgan fingerprint density at radius 2 is 1.90 bits per heavy atom. The third-order valence-corrected chi connectivity index (χ3v) is 3.41. The van der Waals surface area contributed by atoms with Crippen LogP contribution in [-0.4, -0.2) is 42.9 Å². The monoisotopic (exact) mass is 301 g/mol. The molecule has 1 saturated heterocycles. The fraction of sp³-hybridized carbons (Fsp3) is 0.385. The summed E-state index contributed by atoms with van der Waals surface area (Å²) in [5, 5.41) is 9.69. The lowest BCUT2D eigenvalue weighted by atomic mass is 9.87. The highest BCUT2D eigenvalue weighted by Gasteiger charge is 2.48. The Bertz CT molecular complexity index is 569. The molecule has 1 aliphatic rings. The third-order valence-electron chi connectivity index (χ3n) is 3.41. The zero-order valence-corrected chi connectivity index (χ0v) is 11.3. The van der Waals surface area contributed by atoms with Gasteiger partial charge in [-0.15, -0.1) is 0 Å². The van der Waals surface area contributed by atoms with E-state index in [4.69, 9.17) is 4.74 Å². The number of esters is 1. The van der Waals surface area contributed by atoms with Gasteiger partial charge in [-0.05, 0) is 0 Å². The van der Waals surface area contributed by atoms with E-state index in [9.17, 15) is 23.6 Å². The number of ether oxygens (including phenoxy) is 2. The molecule has 1 amide bonds. The quantitative estimate of drug-likeness (QED) is 0.513. The van der Waals surface area contributed by atoms with Crippen LogP contribution in [0, 0.1) is 17.6 Å². The summed E-state index contributed by atoms with van der Waals surface area (Å²) in [5.41, 5.74) is -0.462. The summed E-state index contributed by atoms with van der Waals surface area (Å²) in [5.74, 6) is -6.55. The zero-order chi connectivity index (χ0) is 15.7. The molecule has 1 heterocycles. The average molecular weight is 301 g/mol. The van der Waals surface area contributed by atoms with Crippen LogP contribution in [0.2, 0.25) is 0 Å². The first-order valence-electron chi connectivity index (χ1n) is 6.01. The number of amides is 1. The van der Waals surface area contributed by atoms with Crippen molar-refractivity contribution < 1.29 is 33.1 Å². The normalized spacial score (nSPS) is 21.6. The molecule has 6 nitrogen and oxygen atoms in total. The predicted octanol–water partition coefficient (Wildman–Crippen LogP) is 1.08. The Morgan fingerprint density at radius 1 is 1.33 bits per heavy atom. The van der Waals surface area contributed by atoms with Gasteiger partial charge in [0.05, 0.1) is 20.8 Å². The molecule has 2 unspecified atom stereocenters. The molecule has 1 N–H and O–H groups in total. The third kappa shape index (κ3) is 2.54. The first kappa shape index (κ1) is 15.2. The predicted molar refractivity (Wildman–Crippen MR) is 64.7 cm³/mol. The molecule has 1 fully saturated rings. The molecule has 114 valence electrons. The largest absolute Gasteiger partial charge is 0.497 e. The number of halogens is 2. The van der Waals surface area contributed by atoms with E-state index in [0.717, 1.165) is 19.2 Å². The van der Waals surface area contributed by atoms with Crippen LogP contribution in [-0.2, 0) is 14.3 Å². The number of hydroxylamine groups is 2. The summed E-state index contributed by atoms with van der Waals surface area (Å²) < 4.78 is 37.3. The number of hydrogen-bond donors (Lipinski definition) is 1. The van der Waals surface area contributed by atoms with Crippen LogP contribution >= 0.6 is 0 Å². The lowest BCUT2D eigenvalue weighted by Gasteiger charge is -2.17. The van der Waals surface area contributed by atoms with Crippen LogP contribution in [0.1, 0.15) is 11.5 Å². The second kappa shape index (κ2) is 5.65. The topological polar surface area (TPSA) is 76.1 Å². The van der Waals surface area contributed by atoms with Crippen molar-refractivity contribution in [3.05, 3.63) is 29.3 Å². The molecule has 1 aliphatic heterocycles. The van der Waals surface area contributed by atoms with Gasteiger partial charge in [-0.1, -0.05) is 0 Å². The standard InChI is InChI=1S/C13H13F2NO5/c1-20-6-3-8(14)10(9(15)4-6)7-5-16(19)12(17)11(7)13(18)21-2/h3-4,7,11,19H,5H2,1-2H3. The maximum Gasteiger partial charge on any atom is 0.319 e. The summed E-state index contributed by atoms with van der Waals surface area (Å²) in [7, 11) is 2.30. The molecule has 2 rings (SSSR count). The number of rotatable bonds is 3. The molecule has 0 spiro atoms. The number of methoxy groups -OCH3 is 2. The number of carbonyl (C=O) groups excluding carboxylic acids is 2. The minimum atomic E-state index is -1.49. The molecule has 8 heteroatoms. The van der Waals surface area contributed by atoms with E-state index in [-0.39, 0.29) is 10.8 Å². The van der Waals surface area contributed by atoms with Gasteiger partial charge in [0, 0.05) is 23.6 Å². The van der Waals surface area contributed by atoms with Crippen molar-refractivity contribution in [1.29, 1.82) is 0 Å². The van der Waals surface area contributed by atoms with E-state index in [1.165, 1.54) is 7.11 Å². The van der Waals surface area contributed by atoms with Gasteiger partial charge in [0.25, 0.3) is 5.91 Å². The fourth-order valence-electron chi connectivity index (χ4n) is 2.40. The Hall–Kier alpha value is -2.22. The van der Waals surface area contributed by atoms with E-state index in [2.05, 4.69) is 4.74 Å². The Balaban J connectivity index is 2.49. The van der Waals surface area contributed by atoms with E-state index in [0.29, 0.717) is 0 Å². The second-order valence-corrected chi connectivity index (χ2v) is 4.53. The molecule has 21 heavy (non-hydrogen) atoms. The summed E-state index contributed by atoms with van der Waals surface area (Å²) in [6.45, 7) is -0.404. The minimum Gasteiger partial charge on any atom is -0.497 e. The molecule has 1 aromatic carbocycles. The van der Waals surface area contributed by atoms with Gasteiger partial charge in [0.15, 0.2) is 0 Å². The van der Waals surface area contributed by atoms with E-state index < -0.39 is 47.5 Å². The molecule has 2 atom stereocenters.